The number of H-pyrrole nitrogens is 1. The van der Waals surface area contributed by atoms with Crippen LogP contribution < -0.4 is 0 Å². The number of nitrogens with one attached hydrogen (secondary N) is 1. The van der Waals surface area contributed by atoms with Crippen molar-refractivity contribution in [1.29, 1.82) is 0 Å². The third kappa shape index (κ3) is 6.39. The van der Waals surface area contributed by atoms with Crippen molar-refractivity contribution in [3.05, 3.63) is 255 Å². The number of aromatic nitrogens is 7. The molecule has 5 aromatic heterocycles. The van der Waals surface area contributed by atoms with E-state index in [0.717, 1.165) is 99.8 Å². The van der Waals surface area contributed by atoms with Crippen molar-refractivity contribution in [2.45, 2.75) is 0 Å². The van der Waals surface area contributed by atoms with Crippen LogP contribution in [-0.4, -0.2) is 33.6 Å². The van der Waals surface area contributed by atoms with E-state index in [1.165, 1.54) is 32.3 Å². The van der Waals surface area contributed by atoms with Gasteiger partial charge in [-0.1, -0.05) is 188 Å². The molecule has 0 unspecified atom stereocenters. The summed E-state index contributed by atoms with van der Waals surface area (Å²) in [5, 5.41) is 9.51. The van der Waals surface area contributed by atoms with Gasteiger partial charge in [-0.15, -0.1) is 0 Å². The zero-order valence-electron chi connectivity index (χ0n) is 40.9. The van der Waals surface area contributed by atoms with Crippen LogP contribution in [0.3, 0.4) is 0 Å². The minimum Gasteiger partial charge on any atom is -0.354 e. The third-order valence-electron chi connectivity index (χ3n) is 15.4. The van der Waals surface area contributed by atoms with Crippen molar-refractivity contribution in [3.8, 4) is 62.4 Å². The Kier molecular flexibility index (Phi) is 9.20. The maximum atomic E-state index is 5.46. The number of hydrogen-bond donors (Lipinski definition) is 1. The minimum absolute atomic E-state index is 0.570. The average molecular weight is 970 g/mol. The standard InChI is InChI=1S/C69H43N7/c1-3-18-43(19-4-1)67-71-68(44-20-5-2-6-21-44)73-69(72-67)57-40-45(48-27-17-28-56-49-22-7-12-29-58(49)70-66(48)56)34-39-63(57)76-64-41-46(74-59-30-13-8-23-50(59)51-24-9-14-31-60(51)74)35-37-54(64)55-38-36-47(42-65(55)76)75-61-32-15-10-25-52(61)53-26-11-16-33-62(53)75/h1-42,70H. The van der Waals surface area contributed by atoms with Gasteiger partial charge in [0.05, 0.1) is 44.3 Å². The van der Waals surface area contributed by atoms with Crippen LogP contribution in [0.15, 0.2) is 255 Å². The number of aromatic amines is 1. The fourth-order valence-corrected chi connectivity index (χ4v) is 12.1. The summed E-state index contributed by atoms with van der Waals surface area (Å²) >= 11 is 0. The van der Waals surface area contributed by atoms with Crippen LogP contribution in [0.5, 0.6) is 0 Å². The molecule has 76 heavy (non-hydrogen) atoms. The van der Waals surface area contributed by atoms with Gasteiger partial charge in [0.15, 0.2) is 17.5 Å². The zero-order chi connectivity index (χ0) is 49.8. The Morgan fingerprint density at radius 1 is 0.263 bits per heavy atom. The fraction of sp³-hybridized carbons (Fsp3) is 0. The van der Waals surface area contributed by atoms with Gasteiger partial charge in [-0.25, -0.2) is 15.0 Å². The summed E-state index contributed by atoms with van der Waals surface area (Å²) in [5.74, 6) is 1.77. The van der Waals surface area contributed by atoms with E-state index < -0.39 is 0 Å². The lowest BCUT2D eigenvalue weighted by atomic mass is 9.98. The molecule has 0 bridgehead atoms. The number of benzene rings is 11. The maximum absolute atomic E-state index is 5.46. The quantitative estimate of drug-likeness (QED) is 0.173. The van der Waals surface area contributed by atoms with E-state index in [4.69, 9.17) is 15.0 Å². The normalized spacial score (nSPS) is 11.9. The van der Waals surface area contributed by atoms with Gasteiger partial charge in [-0.2, -0.15) is 0 Å². The molecule has 354 valence electrons. The van der Waals surface area contributed by atoms with Crippen molar-refractivity contribution in [2.75, 3.05) is 0 Å². The van der Waals surface area contributed by atoms with Gasteiger partial charge in [0.1, 0.15) is 0 Å². The van der Waals surface area contributed by atoms with E-state index in [1.807, 2.05) is 36.4 Å². The van der Waals surface area contributed by atoms with Crippen LogP contribution in [0.2, 0.25) is 0 Å². The van der Waals surface area contributed by atoms with Gasteiger partial charge in [-0.3, -0.25) is 0 Å². The Morgan fingerprint density at radius 3 is 1.22 bits per heavy atom. The summed E-state index contributed by atoms with van der Waals surface area (Å²) in [5.41, 5.74) is 16.8. The Morgan fingerprint density at radius 2 is 0.697 bits per heavy atom. The van der Waals surface area contributed by atoms with E-state index in [2.05, 4.69) is 237 Å². The molecule has 0 amide bonds. The molecule has 16 rings (SSSR count). The first-order chi connectivity index (χ1) is 37.7. The van der Waals surface area contributed by atoms with Crippen molar-refractivity contribution < 1.29 is 0 Å². The highest BCUT2D eigenvalue weighted by atomic mass is 15.1. The van der Waals surface area contributed by atoms with Crippen LogP contribution in [0.4, 0.5) is 0 Å². The highest BCUT2D eigenvalue weighted by Gasteiger charge is 2.24. The molecule has 0 aliphatic rings. The van der Waals surface area contributed by atoms with E-state index >= 15 is 0 Å². The highest BCUT2D eigenvalue weighted by molar-refractivity contribution is 6.15. The summed E-state index contributed by atoms with van der Waals surface area (Å²) in [4.78, 5) is 19.9. The fourth-order valence-electron chi connectivity index (χ4n) is 12.1. The lowest BCUT2D eigenvalue weighted by molar-refractivity contribution is 1.06. The van der Waals surface area contributed by atoms with E-state index in [9.17, 15) is 0 Å². The van der Waals surface area contributed by atoms with E-state index in [1.54, 1.807) is 0 Å². The number of fused-ring (bicyclic) bond motifs is 12. The topological polar surface area (TPSA) is 69.2 Å². The predicted octanol–water partition coefficient (Wildman–Crippen LogP) is 17.5. The number of hydrogen-bond acceptors (Lipinski definition) is 3. The van der Waals surface area contributed by atoms with Crippen LogP contribution in [0, 0.1) is 0 Å². The van der Waals surface area contributed by atoms with Gasteiger partial charge < -0.3 is 18.7 Å². The summed E-state index contributed by atoms with van der Waals surface area (Å²) in [6.07, 6.45) is 0. The molecule has 0 saturated carbocycles. The Bertz CT molecular complexity index is 4660. The molecule has 0 aliphatic heterocycles. The minimum atomic E-state index is 0.570. The second-order valence-electron chi connectivity index (χ2n) is 19.6. The number of rotatable bonds is 7. The Labute approximate surface area is 435 Å². The summed E-state index contributed by atoms with van der Waals surface area (Å²) in [6.45, 7) is 0. The highest BCUT2D eigenvalue weighted by Crippen LogP contribution is 2.43. The van der Waals surface area contributed by atoms with Crippen molar-refractivity contribution >= 4 is 87.2 Å². The monoisotopic (exact) mass is 969 g/mol. The second kappa shape index (κ2) is 16.6. The predicted molar refractivity (Wildman–Crippen MR) is 314 cm³/mol. The second-order valence-corrected chi connectivity index (χ2v) is 19.6. The summed E-state index contributed by atoms with van der Waals surface area (Å²) < 4.78 is 7.27. The Balaban J connectivity index is 1.03. The molecule has 0 aliphatic carbocycles. The molecule has 5 heterocycles. The molecule has 16 aromatic rings. The molecular weight excluding hydrogens is 927 g/mol. The average Bonchev–Trinajstić information content (AvgIpc) is 4.24. The zero-order valence-corrected chi connectivity index (χ0v) is 40.9. The van der Waals surface area contributed by atoms with Crippen LogP contribution >= 0.6 is 0 Å². The largest absolute Gasteiger partial charge is 0.354 e. The summed E-state index contributed by atoms with van der Waals surface area (Å²) in [6, 6.07) is 91.2. The molecule has 11 aromatic carbocycles. The Hall–Kier alpha value is -10.4. The molecule has 0 saturated heterocycles. The molecule has 0 fully saturated rings. The lowest BCUT2D eigenvalue weighted by Crippen LogP contribution is -2.04. The van der Waals surface area contributed by atoms with Gasteiger partial charge >= 0.3 is 0 Å². The molecule has 7 nitrogen and oxygen atoms in total. The first kappa shape index (κ1) is 42.2. The van der Waals surface area contributed by atoms with Crippen molar-refractivity contribution in [1.82, 2.24) is 33.6 Å². The third-order valence-corrected chi connectivity index (χ3v) is 15.4. The SMILES string of the molecule is c1ccc(-c2nc(-c3ccccc3)nc(-c3cc(-c4cccc5c4[nH]c4ccccc45)ccc3-n3c4cc(-n5c6ccccc6c6ccccc65)ccc4c4ccc(-n5c6ccccc6c6ccccc65)cc43)n2)cc1. The summed E-state index contributed by atoms with van der Waals surface area (Å²) in [7, 11) is 0. The van der Waals surface area contributed by atoms with Gasteiger partial charge in [0, 0.05) is 82.2 Å². The van der Waals surface area contributed by atoms with Crippen LogP contribution in [0.25, 0.3) is 150 Å². The first-order valence-corrected chi connectivity index (χ1v) is 25.8. The van der Waals surface area contributed by atoms with Gasteiger partial charge in [-0.05, 0) is 72.3 Å². The van der Waals surface area contributed by atoms with E-state index in [0.29, 0.717) is 17.5 Å². The number of para-hydroxylation sites is 6. The molecular formula is C69H43N7. The van der Waals surface area contributed by atoms with Crippen LogP contribution in [-0.2, 0) is 0 Å². The van der Waals surface area contributed by atoms with Gasteiger partial charge in [0.25, 0.3) is 0 Å². The van der Waals surface area contributed by atoms with Crippen molar-refractivity contribution in [3.63, 3.8) is 0 Å². The first-order valence-electron chi connectivity index (χ1n) is 25.8. The lowest BCUT2D eigenvalue weighted by Gasteiger charge is -2.17. The molecule has 7 heteroatoms. The van der Waals surface area contributed by atoms with Crippen LogP contribution in [0.1, 0.15) is 0 Å². The maximum Gasteiger partial charge on any atom is 0.166 e. The molecule has 0 atom stereocenters. The smallest absolute Gasteiger partial charge is 0.166 e. The molecule has 1 N–H and O–H groups in total. The molecule has 0 spiro atoms. The number of nitrogens with zero attached hydrogens (tertiary/aromatic N) is 6. The van der Waals surface area contributed by atoms with E-state index in [-0.39, 0.29) is 0 Å². The van der Waals surface area contributed by atoms with Gasteiger partial charge in [0.2, 0.25) is 0 Å². The van der Waals surface area contributed by atoms with Crippen molar-refractivity contribution in [2.24, 2.45) is 0 Å². The molecule has 0 radical (unpaired) electrons.